The van der Waals surface area contributed by atoms with Gasteiger partial charge in [-0.2, -0.15) is 0 Å². The molecule has 1 aromatic carbocycles. The van der Waals surface area contributed by atoms with E-state index in [9.17, 15) is 9.90 Å². The maximum atomic E-state index is 12.2. The minimum absolute atomic E-state index is 0.0536. The van der Waals surface area contributed by atoms with Gasteiger partial charge in [0.1, 0.15) is 0 Å². The fraction of sp³-hybridized carbons (Fsp3) is 0. The first kappa shape index (κ1) is 10.3. The molecule has 0 fully saturated rings. The molecule has 3 rings (SSSR count). The third-order valence-corrected chi connectivity index (χ3v) is 4.95. The quantitative estimate of drug-likeness (QED) is 0.684. The maximum absolute atomic E-state index is 12.2. The van der Waals surface area contributed by atoms with E-state index in [2.05, 4.69) is 4.98 Å². The van der Waals surface area contributed by atoms with Gasteiger partial charge in [0.05, 0.1) is 0 Å². The van der Waals surface area contributed by atoms with Gasteiger partial charge in [0.2, 0.25) is 0 Å². The van der Waals surface area contributed by atoms with Gasteiger partial charge in [0, 0.05) is 0 Å². The number of rotatable bonds is 1. The second kappa shape index (κ2) is 3.87. The molecule has 0 radical (unpaired) electrons. The summed E-state index contributed by atoms with van der Waals surface area (Å²) in [6.07, 6.45) is 3.31. The third-order valence-electron chi connectivity index (χ3n) is 2.49. The summed E-state index contributed by atoms with van der Waals surface area (Å²) >= 11 is -0.209. The molecule has 0 spiro atoms. The molecule has 4 nitrogen and oxygen atoms in total. The topological polar surface area (TPSA) is 55.1 Å². The monoisotopic (exact) mass is 292 g/mol. The van der Waals surface area contributed by atoms with E-state index in [0.717, 1.165) is 9.95 Å². The Bertz CT molecular complexity index is 731. The molecule has 0 atom stereocenters. The molecule has 0 amide bonds. The zero-order valence-electron chi connectivity index (χ0n) is 8.70. The van der Waals surface area contributed by atoms with Crippen molar-refractivity contribution >= 4 is 24.4 Å². The van der Waals surface area contributed by atoms with Gasteiger partial charge in [0.25, 0.3) is 0 Å². The Morgan fingerprint density at radius 2 is 1.94 bits per heavy atom. The average Bonchev–Trinajstić information content (AvgIpc) is 2.70. The zero-order chi connectivity index (χ0) is 11.8. The number of benzene rings is 1. The van der Waals surface area contributed by atoms with Crippen molar-refractivity contribution in [1.29, 1.82) is 0 Å². The van der Waals surface area contributed by atoms with Gasteiger partial charge < -0.3 is 0 Å². The number of hydrogen-bond acceptors (Lipinski definition) is 3. The van der Waals surface area contributed by atoms with Crippen LogP contribution >= 0.6 is 0 Å². The van der Waals surface area contributed by atoms with E-state index in [-0.39, 0.29) is 26.0 Å². The predicted octanol–water partition coefficient (Wildman–Crippen LogP) is 1.15. The van der Waals surface area contributed by atoms with E-state index in [1.807, 2.05) is 0 Å². The molecule has 17 heavy (non-hydrogen) atoms. The van der Waals surface area contributed by atoms with Crippen LogP contribution in [0.1, 0.15) is 0 Å². The van der Waals surface area contributed by atoms with Gasteiger partial charge in [-0.25, -0.2) is 0 Å². The van der Waals surface area contributed by atoms with Gasteiger partial charge in [-0.3, -0.25) is 0 Å². The van der Waals surface area contributed by atoms with Crippen molar-refractivity contribution in [3.05, 3.63) is 53.1 Å². The van der Waals surface area contributed by atoms with Crippen molar-refractivity contribution in [3.8, 4) is 11.4 Å². The van der Waals surface area contributed by atoms with Crippen molar-refractivity contribution < 1.29 is 5.11 Å². The molecular formula is C12H8N2O2Se. The normalized spacial score (nSPS) is 10.8. The number of aromatic nitrogens is 2. The van der Waals surface area contributed by atoms with Gasteiger partial charge in [-0.15, -0.1) is 0 Å². The van der Waals surface area contributed by atoms with Crippen LogP contribution in [0.25, 0.3) is 15.3 Å². The van der Waals surface area contributed by atoms with Crippen LogP contribution in [0.3, 0.4) is 0 Å². The van der Waals surface area contributed by atoms with Crippen LogP contribution in [0.4, 0.5) is 0 Å². The summed E-state index contributed by atoms with van der Waals surface area (Å²) in [7, 11) is 0. The summed E-state index contributed by atoms with van der Waals surface area (Å²) in [4.78, 5) is 16.1. The van der Waals surface area contributed by atoms with Crippen LogP contribution in [-0.4, -0.2) is 28.4 Å². The van der Waals surface area contributed by atoms with E-state index in [1.54, 1.807) is 46.3 Å². The van der Waals surface area contributed by atoms with Crippen molar-refractivity contribution in [2.75, 3.05) is 0 Å². The first-order chi connectivity index (χ1) is 8.27. The SMILES string of the molecule is O=c1c2cccc(O)c2[se]n1-c1ccncc1. The Kier molecular flexibility index (Phi) is 2.35. The first-order valence-corrected chi connectivity index (χ1v) is 6.64. The van der Waals surface area contributed by atoms with E-state index in [1.165, 1.54) is 0 Å². The molecule has 84 valence electrons. The second-order valence-electron chi connectivity index (χ2n) is 3.55. The molecule has 0 saturated heterocycles. The van der Waals surface area contributed by atoms with E-state index < -0.39 is 0 Å². The Hall–Kier alpha value is -1.84. The molecule has 0 aliphatic rings. The van der Waals surface area contributed by atoms with Crippen LogP contribution in [0.5, 0.6) is 5.75 Å². The summed E-state index contributed by atoms with van der Waals surface area (Å²) in [5.74, 6) is 0.201. The molecule has 1 N–H and O–H groups in total. The summed E-state index contributed by atoms with van der Waals surface area (Å²) in [6, 6.07) is 8.65. The van der Waals surface area contributed by atoms with E-state index in [0.29, 0.717) is 5.39 Å². The molecule has 2 heterocycles. The van der Waals surface area contributed by atoms with E-state index >= 15 is 0 Å². The summed E-state index contributed by atoms with van der Waals surface area (Å²) in [5, 5.41) is 10.3. The standard InChI is InChI=1S/C12H8N2O2Se/c15-10-3-1-2-9-11(10)17-14(12(9)16)8-4-6-13-7-5-8/h1-7,15H. The molecule has 3 aromatic rings. The van der Waals surface area contributed by atoms with Crippen LogP contribution in [0, 0.1) is 0 Å². The number of pyridine rings is 1. The number of fused-ring (bicyclic) bond motifs is 1. The zero-order valence-corrected chi connectivity index (χ0v) is 10.4. The number of hydrogen-bond donors (Lipinski definition) is 1. The Morgan fingerprint density at radius 3 is 2.65 bits per heavy atom. The third kappa shape index (κ3) is 1.60. The van der Waals surface area contributed by atoms with Crippen molar-refractivity contribution in [2.45, 2.75) is 0 Å². The Morgan fingerprint density at radius 1 is 1.18 bits per heavy atom. The minimum atomic E-state index is -0.209. The van der Waals surface area contributed by atoms with Crippen LogP contribution < -0.4 is 5.56 Å². The second-order valence-corrected chi connectivity index (χ2v) is 5.56. The number of nitrogens with zero attached hydrogens (tertiary/aromatic N) is 2. The molecule has 5 heteroatoms. The van der Waals surface area contributed by atoms with Crippen molar-refractivity contribution in [2.24, 2.45) is 0 Å². The molecular weight excluding hydrogens is 283 g/mol. The fourth-order valence-electron chi connectivity index (χ4n) is 1.68. The van der Waals surface area contributed by atoms with Gasteiger partial charge in [-0.1, -0.05) is 0 Å². The average molecular weight is 291 g/mol. The number of phenols is 1. The number of phenolic OH excluding ortho intramolecular Hbond substituents is 1. The fourth-order valence-corrected chi connectivity index (χ4v) is 3.79. The van der Waals surface area contributed by atoms with Crippen LogP contribution in [-0.2, 0) is 0 Å². The van der Waals surface area contributed by atoms with Crippen LogP contribution in [0.2, 0.25) is 0 Å². The van der Waals surface area contributed by atoms with Crippen LogP contribution in [0.15, 0.2) is 47.5 Å². The number of aromatic hydroxyl groups is 1. The van der Waals surface area contributed by atoms with Gasteiger partial charge in [0.15, 0.2) is 0 Å². The molecule has 0 unspecified atom stereocenters. The molecule has 2 aromatic heterocycles. The van der Waals surface area contributed by atoms with E-state index in [4.69, 9.17) is 0 Å². The van der Waals surface area contributed by atoms with Gasteiger partial charge in [-0.05, 0) is 0 Å². The van der Waals surface area contributed by atoms with Gasteiger partial charge >= 0.3 is 103 Å². The summed E-state index contributed by atoms with van der Waals surface area (Å²) in [6.45, 7) is 0. The molecule has 0 bridgehead atoms. The molecule has 0 aliphatic heterocycles. The Balaban J connectivity index is 2.37. The summed E-state index contributed by atoms with van der Waals surface area (Å²) in [5.41, 5.74) is 0.766. The molecule has 0 saturated carbocycles. The molecule has 0 aliphatic carbocycles. The summed E-state index contributed by atoms with van der Waals surface area (Å²) < 4.78 is 2.45. The van der Waals surface area contributed by atoms with Crippen molar-refractivity contribution in [1.82, 2.24) is 8.55 Å². The first-order valence-electron chi connectivity index (χ1n) is 5.02. The predicted molar refractivity (Wildman–Crippen MR) is 65.9 cm³/mol. The van der Waals surface area contributed by atoms with Crippen molar-refractivity contribution in [3.63, 3.8) is 0 Å². The Labute approximate surface area is 103 Å².